The minimum Gasteiger partial charge on any atom is -0.478 e. The number of rotatable bonds is 5. The number of hydrogen-bond acceptors (Lipinski definition) is 4. The molecular weight excluding hydrogens is 244 g/mol. The Balaban J connectivity index is 2.15. The number of aromatic carboxylic acids is 1. The Morgan fingerprint density at radius 2 is 1.89 bits per heavy atom. The van der Waals surface area contributed by atoms with Crippen LogP contribution < -0.4 is 5.32 Å². The van der Waals surface area contributed by atoms with Gasteiger partial charge in [-0.2, -0.15) is 0 Å². The van der Waals surface area contributed by atoms with Crippen LogP contribution in [0.1, 0.15) is 28.4 Å². The second kappa shape index (κ2) is 6.65. The lowest BCUT2D eigenvalue weighted by Gasteiger charge is -2.35. The molecule has 0 unspecified atom stereocenters. The van der Waals surface area contributed by atoms with Gasteiger partial charge < -0.3 is 15.5 Å². The largest absolute Gasteiger partial charge is 0.478 e. The highest BCUT2D eigenvalue weighted by molar-refractivity contribution is 5.87. The zero-order valence-electron chi connectivity index (χ0n) is 10.9. The van der Waals surface area contributed by atoms with E-state index in [0.29, 0.717) is 12.0 Å². The van der Waals surface area contributed by atoms with E-state index >= 15 is 0 Å². The molecule has 1 heterocycles. The molecule has 1 aliphatic rings. The Morgan fingerprint density at radius 3 is 2.42 bits per heavy atom. The second-order valence-corrected chi connectivity index (χ2v) is 4.74. The van der Waals surface area contributed by atoms with Gasteiger partial charge in [-0.3, -0.25) is 4.90 Å². The number of benzene rings is 1. The van der Waals surface area contributed by atoms with E-state index < -0.39 is 5.97 Å². The van der Waals surface area contributed by atoms with Crippen molar-refractivity contribution in [2.45, 2.75) is 12.5 Å². The number of carboxylic acids is 1. The zero-order chi connectivity index (χ0) is 13.7. The molecule has 0 aromatic heterocycles. The first-order valence-corrected chi connectivity index (χ1v) is 6.61. The Morgan fingerprint density at radius 1 is 1.26 bits per heavy atom. The van der Waals surface area contributed by atoms with Crippen molar-refractivity contribution >= 4 is 5.97 Å². The number of hydrogen-bond donors (Lipinski definition) is 3. The van der Waals surface area contributed by atoms with Crippen molar-refractivity contribution in [3.63, 3.8) is 0 Å². The molecule has 1 aromatic rings. The first-order chi connectivity index (χ1) is 9.22. The molecule has 1 aliphatic heterocycles. The van der Waals surface area contributed by atoms with E-state index in [0.717, 1.165) is 31.7 Å². The number of aliphatic hydroxyl groups excluding tert-OH is 1. The molecule has 0 aliphatic carbocycles. The number of carbonyl (C=O) groups is 1. The maximum absolute atomic E-state index is 10.9. The van der Waals surface area contributed by atoms with Gasteiger partial charge in [-0.1, -0.05) is 12.1 Å². The van der Waals surface area contributed by atoms with Crippen LogP contribution in [0.4, 0.5) is 0 Å². The Labute approximate surface area is 112 Å². The lowest BCUT2D eigenvalue weighted by Crippen LogP contribution is -2.45. The van der Waals surface area contributed by atoms with Gasteiger partial charge in [0.25, 0.3) is 0 Å². The SMILES string of the molecule is O=C(O)c1ccc([C@H](CCO)N2CCNCC2)cc1. The van der Waals surface area contributed by atoms with E-state index in [2.05, 4.69) is 10.2 Å². The third-order valence-corrected chi connectivity index (χ3v) is 3.54. The van der Waals surface area contributed by atoms with Crippen LogP contribution in [-0.2, 0) is 0 Å². The van der Waals surface area contributed by atoms with Crippen molar-refractivity contribution in [3.05, 3.63) is 35.4 Å². The van der Waals surface area contributed by atoms with Crippen LogP contribution in [-0.4, -0.2) is 53.9 Å². The Hall–Kier alpha value is -1.43. The first-order valence-electron chi connectivity index (χ1n) is 6.61. The summed E-state index contributed by atoms with van der Waals surface area (Å²) in [5.41, 5.74) is 1.37. The van der Waals surface area contributed by atoms with Gasteiger partial charge in [-0.05, 0) is 24.1 Å². The van der Waals surface area contributed by atoms with Gasteiger partial charge in [0.1, 0.15) is 0 Å². The first kappa shape index (κ1) is 14.0. The molecule has 1 saturated heterocycles. The second-order valence-electron chi connectivity index (χ2n) is 4.74. The predicted molar refractivity (Wildman–Crippen MR) is 72.3 cm³/mol. The third kappa shape index (κ3) is 3.53. The van der Waals surface area contributed by atoms with E-state index in [4.69, 9.17) is 5.11 Å². The van der Waals surface area contributed by atoms with Crippen molar-refractivity contribution in [1.29, 1.82) is 0 Å². The average Bonchev–Trinajstić information content (AvgIpc) is 2.46. The highest BCUT2D eigenvalue weighted by atomic mass is 16.4. The quantitative estimate of drug-likeness (QED) is 0.730. The van der Waals surface area contributed by atoms with Crippen LogP contribution >= 0.6 is 0 Å². The van der Waals surface area contributed by atoms with E-state index in [1.807, 2.05) is 12.1 Å². The minimum atomic E-state index is -0.910. The highest BCUT2D eigenvalue weighted by Crippen LogP contribution is 2.24. The molecule has 19 heavy (non-hydrogen) atoms. The number of aliphatic hydroxyl groups is 1. The lowest BCUT2D eigenvalue weighted by atomic mass is 10.00. The summed E-state index contributed by atoms with van der Waals surface area (Å²) >= 11 is 0. The molecule has 0 bridgehead atoms. The molecule has 0 amide bonds. The van der Waals surface area contributed by atoms with Gasteiger partial charge in [-0.15, -0.1) is 0 Å². The zero-order valence-corrected chi connectivity index (χ0v) is 10.9. The summed E-state index contributed by atoms with van der Waals surface area (Å²) in [5.74, 6) is -0.910. The summed E-state index contributed by atoms with van der Waals surface area (Å²) < 4.78 is 0. The molecule has 5 heteroatoms. The summed E-state index contributed by atoms with van der Waals surface area (Å²) in [6.45, 7) is 3.94. The predicted octanol–water partition coefficient (Wildman–Crippen LogP) is 0.713. The van der Waals surface area contributed by atoms with E-state index in [-0.39, 0.29) is 12.6 Å². The topological polar surface area (TPSA) is 72.8 Å². The van der Waals surface area contributed by atoms with Crippen LogP contribution in [0.5, 0.6) is 0 Å². The van der Waals surface area contributed by atoms with Gasteiger partial charge in [0.15, 0.2) is 0 Å². The number of carboxylic acid groups (broad SMARTS) is 1. The summed E-state index contributed by atoms with van der Waals surface area (Å²) in [6, 6.07) is 7.13. The monoisotopic (exact) mass is 264 g/mol. The fourth-order valence-electron chi connectivity index (χ4n) is 2.52. The fraction of sp³-hybridized carbons (Fsp3) is 0.500. The lowest BCUT2D eigenvalue weighted by molar-refractivity contribution is 0.0696. The molecule has 1 aromatic carbocycles. The van der Waals surface area contributed by atoms with E-state index in [9.17, 15) is 9.90 Å². The molecular formula is C14H20N2O3. The normalized spacial score (nSPS) is 18.2. The average molecular weight is 264 g/mol. The van der Waals surface area contributed by atoms with Crippen molar-refractivity contribution in [3.8, 4) is 0 Å². The summed E-state index contributed by atoms with van der Waals surface area (Å²) in [4.78, 5) is 13.2. The highest BCUT2D eigenvalue weighted by Gasteiger charge is 2.21. The smallest absolute Gasteiger partial charge is 0.335 e. The number of piperazine rings is 1. The van der Waals surface area contributed by atoms with E-state index in [1.54, 1.807) is 12.1 Å². The van der Waals surface area contributed by atoms with Crippen LogP contribution in [0, 0.1) is 0 Å². The van der Waals surface area contributed by atoms with Crippen molar-refractivity contribution in [2.75, 3.05) is 32.8 Å². The molecule has 0 spiro atoms. The van der Waals surface area contributed by atoms with E-state index in [1.165, 1.54) is 0 Å². The van der Waals surface area contributed by atoms with Gasteiger partial charge in [0.2, 0.25) is 0 Å². The van der Waals surface area contributed by atoms with Gasteiger partial charge in [0, 0.05) is 38.8 Å². The standard InChI is InChI=1S/C14H20N2O3/c17-10-5-13(16-8-6-15-7-9-16)11-1-3-12(4-2-11)14(18)19/h1-4,13,15,17H,5-10H2,(H,18,19)/t13-/m0/s1. The van der Waals surface area contributed by atoms with Crippen LogP contribution in [0.15, 0.2) is 24.3 Å². The van der Waals surface area contributed by atoms with Crippen molar-refractivity contribution in [1.82, 2.24) is 10.2 Å². The van der Waals surface area contributed by atoms with Crippen molar-refractivity contribution < 1.29 is 15.0 Å². The van der Waals surface area contributed by atoms with Crippen molar-refractivity contribution in [2.24, 2.45) is 0 Å². The summed E-state index contributed by atoms with van der Waals surface area (Å²) in [5, 5.41) is 21.4. The maximum Gasteiger partial charge on any atom is 0.335 e. The third-order valence-electron chi connectivity index (χ3n) is 3.54. The molecule has 2 rings (SSSR count). The fourth-order valence-corrected chi connectivity index (χ4v) is 2.52. The Bertz CT molecular complexity index is 413. The van der Waals surface area contributed by atoms with Gasteiger partial charge >= 0.3 is 5.97 Å². The maximum atomic E-state index is 10.9. The number of nitrogens with one attached hydrogen (secondary N) is 1. The molecule has 1 fully saturated rings. The number of nitrogens with zero attached hydrogens (tertiary/aromatic N) is 1. The molecule has 0 radical (unpaired) electrons. The van der Waals surface area contributed by atoms with Crippen LogP contribution in [0.2, 0.25) is 0 Å². The molecule has 1 atom stereocenters. The Kier molecular flexibility index (Phi) is 4.90. The minimum absolute atomic E-state index is 0.134. The molecule has 5 nitrogen and oxygen atoms in total. The van der Waals surface area contributed by atoms with Crippen LogP contribution in [0.25, 0.3) is 0 Å². The molecule has 3 N–H and O–H groups in total. The van der Waals surface area contributed by atoms with Crippen LogP contribution in [0.3, 0.4) is 0 Å². The summed E-state index contributed by atoms with van der Waals surface area (Å²) in [7, 11) is 0. The summed E-state index contributed by atoms with van der Waals surface area (Å²) in [6.07, 6.45) is 0.673. The molecule has 0 saturated carbocycles. The van der Waals surface area contributed by atoms with Gasteiger partial charge in [0.05, 0.1) is 5.56 Å². The molecule has 104 valence electrons. The van der Waals surface area contributed by atoms with Gasteiger partial charge in [-0.25, -0.2) is 4.79 Å².